The molecule has 1 unspecified atom stereocenters. The lowest BCUT2D eigenvalue weighted by molar-refractivity contribution is -0.142. The summed E-state index contributed by atoms with van der Waals surface area (Å²) in [6, 6.07) is 3.72. The Morgan fingerprint density at radius 2 is 2.13 bits per heavy atom. The summed E-state index contributed by atoms with van der Waals surface area (Å²) in [4.78, 5) is 15.6. The number of carbonyl (C=O) groups excluding carboxylic acids is 1. The first-order chi connectivity index (χ1) is 7.09. The number of esters is 1. The van der Waals surface area contributed by atoms with Crippen LogP contribution in [0.15, 0.2) is 29.4 Å². The number of thiocarbonyl (C=S) groups is 1. The van der Waals surface area contributed by atoms with Gasteiger partial charge in [-0.15, -0.1) is 0 Å². The maximum atomic E-state index is 10.7. The molecule has 0 N–H and O–H groups in total. The second-order valence-electron chi connectivity index (χ2n) is 2.86. The van der Waals surface area contributed by atoms with Gasteiger partial charge in [0.2, 0.25) is 0 Å². The van der Waals surface area contributed by atoms with Crippen LogP contribution in [-0.4, -0.2) is 21.3 Å². The molecule has 0 aliphatic heterocycles. The minimum atomic E-state index is -0.351. The van der Waals surface area contributed by atoms with Gasteiger partial charge in [-0.25, -0.2) is 0 Å². The quantitative estimate of drug-likeness (QED) is 0.462. The Labute approximate surface area is 98.2 Å². The van der Waals surface area contributed by atoms with Gasteiger partial charge in [-0.3, -0.25) is 9.78 Å². The van der Waals surface area contributed by atoms with E-state index < -0.39 is 0 Å². The number of hydrogen-bond donors (Lipinski definition) is 0. The number of aromatic nitrogens is 1. The minimum absolute atomic E-state index is 0.319. The van der Waals surface area contributed by atoms with Gasteiger partial charge in [0, 0.05) is 24.2 Å². The molecule has 1 aromatic heterocycles. The fraction of sp³-hybridized carbons (Fsp3) is 0.300. The average molecular weight is 241 g/mol. The van der Waals surface area contributed by atoms with Crippen LogP contribution in [0.4, 0.5) is 0 Å². The Kier molecular flexibility index (Phi) is 4.71. The Morgan fingerprint density at radius 1 is 1.53 bits per heavy atom. The van der Waals surface area contributed by atoms with E-state index in [2.05, 4.69) is 4.98 Å². The van der Waals surface area contributed by atoms with E-state index in [1.165, 1.54) is 18.7 Å². The molecule has 0 amide bonds. The summed E-state index contributed by atoms with van der Waals surface area (Å²) in [7, 11) is 0. The summed E-state index contributed by atoms with van der Waals surface area (Å²) in [5.74, 6) is -0.319. The third kappa shape index (κ3) is 4.40. The first-order valence-electron chi connectivity index (χ1n) is 4.38. The van der Waals surface area contributed by atoms with Crippen LogP contribution in [0.25, 0.3) is 0 Å². The van der Waals surface area contributed by atoms with Crippen molar-refractivity contribution in [3.8, 4) is 0 Å². The van der Waals surface area contributed by atoms with Crippen molar-refractivity contribution in [2.24, 2.45) is 0 Å². The SMILES string of the molecule is CC(=O)OC(C)C(=S)Sc1ccncc1. The third-order valence-corrected chi connectivity index (χ3v) is 3.17. The summed E-state index contributed by atoms with van der Waals surface area (Å²) in [5, 5.41) is 0. The Morgan fingerprint density at radius 3 is 2.67 bits per heavy atom. The Hall–Kier alpha value is -0.940. The van der Waals surface area contributed by atoms with Crippen LogP contribution in [0.5, 0.6) is 0 Å². The summed E-state index contributed by atoms with van der Waals surface area (Å²) in [5.41, 5.74) is 0. The van der Waals surface area contributed by atoms with Gasteiger partial charge in [-0.2, -0.15) is 0 Å². The van der Waals surface area contributed by atoms with Crippen LogP contribution in [0.2, 0.25) is 0 Å². The van der Waals surface area contributed by atoms with Crippen molar-refractivity contribution < 1.29 is 9.53 Å². The maximum absolute atomic E-state index is 10.7. The van der Waals surface area contributed by atoms with Crippen molar-refractivity contribution in [1.29, 1.82) is 0 Å². The molecule has 3 nitrogen and oxygen atoms in total. The molecule has 1 atom stereocenters. The van der Waals surface area contributed by atoms with Crippen LogP contribution < -0.4 is 0 Å². The molecule has 0 fully saturated rings. The van der Waals surface area contributed by atoms with Gasteiger partial charge in [0.25, 0.3) is 0 Å². The molecule has 0 bridgehead atoms. The summed E-state index contributed by atoms with van der Waals surface area (Å²) in [6.07, 6.45) is 3.04. The van der Waals surface area contributed by atoms with Crippen molar-refractivity contribution in [3.63, 3.8) is 0 Å². The first kappa shape index (κ1) is 12.1. The van der Waals surface area contributed by atoms with Crippen molar-refractivity contribution in [1.82, 2.24) is 4.98 Å². The smallest absolute Gasteiger partial charge is 0.303 e. The van der Waals surface area contributed by atoms with Gasteiger partial charge < -0.3 is 4.74 Å². The molecule has 0 aromatic carbocycles. The zero-order valence-electron chi connectivity index (χ0n) is 8.47. The van der Waals surface area contributed by atoms with Crippen molar-refractivity contribution in [2.45, 2.75) is 24.8 Å². The Balaban J connectivity index is 2.52. The lowest BCUT2D eigenvalue weighted by Crippen LogP contribution is -2.18. The van der Waals surface area contributed by atoms with E-state index in [0.29, 0.717) is 4.20 Å². The molecular weight excluding hydrogens is 230 g/mol. The largest absolute Gasteiger partial charge is 0.457 e. The molecule has 0 aliphatic carbocycles. The highest BCUT2D eigenvalue weighted by molar-refractivity contribution is 8.23. The molecule has 0 spiro atoms. The highest BCUT2D eigenvalue weighted by Gasteiger charge is 2.12. The minimum Gasteiger partial charge on any atom is -0.457 e. The summed E-state index contributed by atoms with van der Waals surface area (Å²) < 4.78 is 5.60. The number of carbonyl (C=O) groups is 1. The Bertz CT molecular complexity index is 354. The lowest BCUT2D eigenvalue weighted by atomic mass is 10.5. The number of thioether (sulfide) groups is 1. The molecule has 0 radical (unpaired) electrons. The van der Waals surface area contributed by atoms with E-state index >= 15 is 0 Å². The van der Waals surface area contributed by atoms with Gasteiger partial charge in [0.15, 0.2) is 0 Å². The van der Waals surface area contributed by atoms with Crippen LogP contribution in [0, 0.1) is 0 Å². The van der Waals surface area contributed by atoms with Gasteiger partial charge in [-0.05, 0) is 19.1 Å². The molecule has 1 heterocycles. The van der Waals surface area contributed by atoms with Gasteiger partial charge in [0.05, 0.1) is 4.20 Å². The van der Waals surface area contributed by atoms with Gasteiger partial charge >= 0.3 is 5.97 Å². The van der Waals surface area contributed by atoms with E-state index in [1.54, 1.807) is 19.3 Å². The number of ether oxygens (including phenoxy) is 1. The number of hydrogen-bond acceptors (Lipinski definition) is 5. The third-order valence-electron chi connectivity index (χ3n) is 1.54. The summed E-state index contributed by atoms with van der Waals surface area (Å²) in [6.45, 7) is 3.13. The molecule has 0 saturated carbocycles. The van der Waals surface area contributed by atoms with Gasteiger partial charge in [-0.1, -0.05) is 24.0 Å². The number of rotatable bonds is 3. The maximum Gasteiger partial charge on any atom is 0.303 e. The van der Waals surface area contributed by atoms with E-state index in [9.17, 15) is 4.79 Å². The van der Waals surface area contributed by atoms with Crippen molar-refractivity contribution in [3.05, 3.63) is 24.5 Å². The molecule has 0 saturated heterocycles. The van der Waals surface area contributed by atoms with E-state index in [0.717, 1.165) is 4.90 Å². The molecule has 1 rings (SSSR count). The fourth-order valence-corrected chi connectivity index (χ4v) is 1.94. The fourth-order valence-electron chi connectivity index (χ4n) is 0.902. The zero-order chi connectivity index (χ0) is 11.3. The van der Waals surface area contributed by atoms with E-state index in [1.807, 2.05) is 12.1 Å². The molecule has 1 aromatic rings. The standard InChI is InChI=1S/C10H11NO2S2/c1-7(13-8(2)12)10(14)15-9-3-5-11-6-4-9/h3-7H,1-2H3. The monoisotopic (exact) mass is 241 g/mol. The number of pyridine rings is 1. The van der Waals surface area contributed by atoms with E-state index in [-0.39, 0.29) is 12.1 Å². The van der Waals surface area contributed by atoms with Crippen LogP contribution in [-0.2, 0) is 9.53 Å². The highest BCUT2D eigenvalue weighted by Crippen LogP contribution is 2.21. The van der Waals surface area contributed by atoms with E-state index in [4.69, 9.17) is 17.0 Å². The van der Waals surface area contributed by atoms with Crippen LogP contribution >= 0.6 is 24.0 Å². The molecule has 0 aliphatic rings. The summed E-state index contributed by atoms with van der Waals surface area (Å²) >= 11 is 6.55. The predicted molar refractivity (Wildman–Crippen MR) is 63.9 cm³/mol. The molecule has 80 valence electrons. The number of nitrogens with zero attached hydrogens (tertiary/aromatic N) is 1. The molecule has 15 heavy (non-hydrogen) atoms. The van der Waals surface area contributed by atoms with Crippen molar-refractivity contribution >= 4 is 34.1 Å². The zero-order valence-corrected chi connectivity index (χ0v) is 10.1. The second-order valence-corrected chi connectivity index (χ2v) is 4.67. The van der Waals surface area contributed by atoms with Gasteiger partial charge in [0.1, 0.15) is 6.10 Å². The molecule has 5 heteroatoms. The van der Waals surface area contributed by atoms with Crippen molar-refractivity contribution in [2.75, 3.05) is 0 Å². The average Bonchev–Trinajstić information content (AvgIpc) is 2.18. The predicted octanol–water partition coefficient (Wildman–Crippen LogP) is 2.45. The van der Waals surface area contributed by atoms with Crippen LogP contribution in [0.3, 0.4) is 0 Å². The second kappa shape index (κ2) is 5.82. The topological polar surface area (TPSA) is 39.2 Å². The highest BCUT2D eigenvalue weighted by atomic mass is 32.2. The lowest BCUT2D eigenvalue weighted by Gasteiger charge is -2.12. The normalized spacial score (nSPS) is 11.9. The molecular formula is C10H11NO2S2. The first-order valence-corrected chi connectivity index (χ1v) is 5.61. The van der Waals surface area contributed by atoms with Crippen LogP contribution in [0.1, 0.15) is 13.8 Å².